The monoisotopic (exact) mass is 380 g/mol. The Morgan fingerprint density at radius 3 is 2.88 bits per heavy atom. The molecule has 1 aliphatic heterocycles. The van der Waals surface area contributed by atoms with Crippen LogP contribution in [0.4, 0.5) is 5.00 Å². The van der Waals surface area contributed by atoms with E-state index in [0.29, 0.717) is 23.1 Å². The minimum atomic E-state index is -0.783. The molecule has 2 aliphatic rings. The summed E-state index contributed by atoms with van der Waals surface area (Å²) in [5, 5.41) is 3.04. The van der Waals surface area contributed by atoms with Crippen molar-refractivity contribution in [2.24, 2.45) is 11.7 Å². The lowest BCUT2D eigenvalue weighted by atomic mass is 9.88. The lowest BCUT2D eigenvalue weighted by Crippen LogP contribution is -2.24. The van der Waals surface area contributed by atoms with Gasteiger partial charge in [0.05, 0.1) is 5.56 Å². The second-order valence-corrected chi connectivity index (χ2v) is 7.35. The van der Waals surface area contributed by atoms with Gasteiger partial charge in [-0.1, -0.05) is 6.92 Å². The number of primary amides is 1. The van der Waals surface area contributed by atoms with E-state index in [1.165, 1.54) is 11.3 Å². The van der Waals surface area contributed by atoms with Crippen molar-refractivity contribution < 1.29 is 28.6 Å². The van der Waals surface area contributed by atoms with Crippen molar-refractivity contribution in [3.05, 3.63) is 28.0 Å². The number of ether oxygens (including phenoxy) is 3. The summed E-state index contributed by atoms with van der Waals surface area (Å²) >= 11 is 1.36. The van der Waals surface area contributed by atoms with Gasteiger partial charge in [0.25, 0.3) is 11.8 Å². The van der Waals surface area contributed by atoms with Crippen LogP contribution in [0, 0.1) is 5.92 Å². The highest BCUT2D eigenvalue weighted by Gasteiger charge is 2.27. The standard InChI is InChI=1S/C17H20N2O6S/c1-9-2-3-10-12(6-9)26-16(14(10)15(18)21)19-13(20)8-25-17(22)11-7-23-4-5-24-11/h7,9H,2-6,8H2,1H3,(H2,18,21)(H,19,20)/t9-/m1/s1. The Morgan fingerprint density at radius 1 is 1.38 bits per heavy atom. The third-order valence-electron chi connectivity index (χ3n) is 4.20. The minimum Gasteiger partial charge on any atom is -0.493 e. The van der Waals surface area contributed by atoms with E-state index in [1.807, 2.05) is 0 Å². The molecule has 2 heterocycles. The van der Waals surface area contributed by atoms with Crippen LogP contribution in [0.15, 0.2) is 12.0 Å². The quantitative estimate of drug-likeness (QED) is 0.745. The number of anilines is 1. The lowest BCUT2D eigenvalue weighted by Gasteiger charge is -2.18. The van der Waals surface area contributed by atoms with Crippen molar-refractivity contribution >= 4 is 34.1 Å². The first kappa shape index (κ1) is 18.2. The van der Waals surface area contributed by atoms with Crippen LogP contribution >= 0.6 is 11.3 Å². The van der Waals surface area contributed by atoms with E-state index in [1.54, 1.807) is 0 Å². The zero-order valence-corrected chi connectivity index (χ0v) is 15.1. The van der Waals surface area contributed by atoms with Gasteiger partial charge in [-0.15, -0.1) is 11.3 Å². The van der Waals surface area contributed by atoms with Gasteiger partial charge in [0, 0.05) is 4.88 Å². The van der Waals surface area contributed by atoms with Crippen LogP contribution in [0.2, 0.25) is 0 Å². The van der Waals surface area contributed by atoms with Crippen LogP contribution in [0.5, 0.6) is 0 Å². The molecule has 3 rings (SSSR count). The van der Waals surface area contributed by atoms with Crippen LogP contribution in [-0.4, -0.2) is 37.6 Å². The summed E-state index contributed by atoms with van der Waals surface area (Å²) < 4.78 is 14.9. The molecule has 0 bridgehead atoms. The summed E-state index contributed by atoms with van der Waals surface area (Å²) in [6.07, 6.45) is 3.76. The Morgan fingerprint density at radius 2 is 2.19 bits per heavy atom. The first-order chi connectivity index (χ1) is 12.5. The molecule has 140 valence electrons. The van der Waals surface area contributed by atoms with Crippen molar-refractivity contribution in [2.45, 2.75) is 26.2 Å². The van der Waals surface area contributed by atoms with Gasteiger partial charge >= 0.3 is 5.97 Å². The number of rotatable bonds is 5. The van der Waals surface area contributed by atoms with Crippen molar-refractivity contribution in [3.63, 3.8) is 0 Å². The van der Waals surface area contributed by atoms with Gasteiger partial charge in [0.2, 0.25) is 5.76 Å². The molecule has 26 heavy (non-hydrogen) atoms. The largest absolute Gasteiger partial charge is 0.493 e. The third-order valence-corrected chi connectivity index (χ3v) is 5.37. The molecule has 1 aromatic rings. The fraction of sp³-hybridized carbons (Fsp3) is 0.471. The number of amides is 2. The van der Waals surface area contributed by atoms with Gasteiger partial charge in [-0.05, 0) is 30.7 Å². The lowest BCUT2D eigenvalue weighted by molar-refractivity contribution is -0.148. The first-order valence-electron chi connectivity index (χ1n) is 8.31. The summed E-state index contributed by atoms with van der Waals surface area (Å²) in [6.45, 7) is 2.25. The summed E-state index contributed by atoms with van der Waals surface area (Å²) in [5.74, 6) is -1.46. The molecule has 1 atom stereocenters. The van der Waals surface area contributed by atoms with Gasteiger partial charge in [-0.25, -0.2) is 4.79 Å². The van der Waals surface area contributed by atoms with Crippen molar-refractivity contribution in [1.82, 2.24) is 0 Å². The number of nitrogens with two attached hydrogens (primary N) is 1. The number of hydrogen-bond donors (Lipinski definition) is 2. The predicted octanol–water partition coefficient (Wildman–Crippen LogP) is 1.34. The SMILES string of the molecule is C[C@@H]1CCc2c(sc(NC(=O)COC(=O)C3=COCCO3)c2C(N)=O)C1. The molecule has 0 spiro atoms. The molecule has 0 fully saturated rings. The molecular weight excluding hydrogens is 360 g/mol. The second-order valence-electron chi connectivity index (χ2n) is 6.25. The zero-order valence-electron chi connectivity index (χ0n) is 14.3. The van der Waals surface area contributed by atoms with Crippen LogP contribution in [0.3, 0.4) is 0 Å². The molecule has 0 saturated carbocycles. The van der Waals surface area contributed by atoms with Crippen molar-refractivity contribution in [2.75, 3.05) is 25.1 Å². The average Bonchev–Trinajstić information content (AvgIpc) is 2.97. The Kier molecular flexibility index (Phi) is 5.46. The number of hydrogen-bond acceptors (Lipinski definition) is 7. The normalized spacial score (nSPS) is 18.7. The smallest absolute Gasteiger partial charge is 0.377 e. The zero-order chi connectivity index (χ0) is 18.7. The molecule has 8 nitrogen and oxygen atoms in total. The first-order valence-corrected chi connectivity index (χ1v) is 9.13. The summed E-state index contributed by atoms with van der Waals surface area (Å²) in [7, 11) is 0. The topological polar surface area (TPSA) is 117 Å². The highest BCUT2D eigenvalue weighted by molar-refractivity contribution is 7.17. The number of fused-ring (bicyclic) bond motifs is 1. The Balaban J connectivity index is 1.65. The minimum absolute atomic E-state index is 0.0811. The molecule has 1 aliphatic carbocycles. The summed E-state index contributed by atoms with van der Waals surface area (Å²) in [5.41, 5.74) is 6.79. The van der Waals surface area contributed by atoms with E-state index in [-0.39, 0.29) is 12.4 Å². The Bertz CT molecular complexity index is 770. The fourth-order valence-electron chi connectivity index (χ4n) is 2.94. The number of thiophene rings is 1. The summed E-state index contributed by atoms with van der Waals surface area (Å²) in [6, 6.07) is 0. The van der Waals surface area contributed by atoms with E-state index < -0.39 is 24.4 Å². The molecule has 0 unspecified atom stereocenters. The number of carbonyl (C=O) groups excluding carboxylic acids is 3. The fourth-order valence-corrected chi connectivity index (χ4v) is 4.37. The van der Waals surface area contributed by atoms with Gasteiger partial charge < -0.3 is 25.3 Å². The van der Waals surface area contributed by atoms with Gasteiger partial charge in [-0.3, -0.25) is 9.59 Å². The maximum Gasteiger partial charge on any atom is 0.377 e. The number of carbonyl (C=O) groups is 3. The average molecular weight is 380 g/mol. The number of esters is 1. The second kappa shape index (κ2) is 7.77. The van der Waals surface area contributed by atoms with Crippen LogP contribution < -0.4 is 11.1 Å². The van der Waals surface area contributed by atoms with Crippen molar-refractivity contribution in [1.29, 1.82) is 0 Å². The number of nitrogens with one attached hydrogen (secondary N) is 1. The molecule has 2 amide bonds. The van der Waals surface area contributed by atoms with E-state index in [2.05, 4.69) is 12.2 Å². The molecule has 1 aromatic heterocycles. The van der Waals surface area contributed by atoms with Crippen LogP contribution in [0.25, 0.3) is 0 Å². The van der Waals surface area contributed by atoms with E-state index in [0.717, 1.165) is 36.0 Å². The molecule has 0 radical (unpaired) electrons. The van der Waals surface area contributed by atoms with Crippen molar-refractivity contribution in [3.8, 4) is 0 Å². The van der Waals surface area contributed by atoms with Crippen LogP contribution in [-0.2, 0) is 36.6 Å². The maximum absolute atomic E-state index is 12.1. The van der Waals surface area contributed by atoms with Crippen LogP contribution in [0.1, 0.15) is 34.1 Å². The highest BCUT2D eigenvalue weighted by atomic mass is 32.1. The predicted molar refractivity (Wildman–Crippen MR) is 93.6 cm³/mol. The molecular formula is C17H20N2O6S. The molecule has 3 N–H and O–H groups in total. The van der Waals surface area contributed by atoms with E-state index in [9.17, 15) is 14.4 Å². The van der Waals surface area contributed by atoms with Gasteiger partial charge in [-0.2, -0.15) is 0 Å². The molecule has 0 saturated heterocycles. The third kappa shape index (κ3) is 3.98. The van der Waals surface area contributed by atoms with E-state index >= 15 is 0 Å². The molecule has 0 aromatic carbocycles. The Labute approximate surface area is 154 Å². The van der Waals surface area contributed by atoms with Gasteiger partial charge in [0.15, 0.2) is 6.61 Å². The molecule has 9 heteroatoms. The van der Waals surface area contributed by atoms with E-state index in [4.69, 9.17) is 19.9 Å². The maximum atomic E-state index is 12.1. The summed E-state index contributed by atoms with van der Waals surface area (Å²) in [4.78, 5) is 36.8. The van der Waals surface area contributed by atoms with Gasteiger partial charge in [0.1, 0.15) is 24.5 Å². The highest BCUT2D eigenvalue weighted by Crippen LogP contribution is 2.39. The Hall–Kier alpha value is -2.55.